The summed E-state index contributed by atoms with van der Waals surface area (Å²) in [5.41, 5.74) is 10.8. The maximum absolute atomic E-state index is 6.30. The van der Waals surface area contributed by atoms with Crippen molar-refractivity contribution in [3.05, 3.63) is 28.2 Å². The molecule has 3 aromatic rings. The average Bonchev–Trinajstić information content (AvgIpc) is 2.90. The molecule has 0 fully saturated rings. The lowest BCUT2D eigenvalue weighted by molar-refractivity contribution is 0.683. The first kappa shape index (κ1) is 17.5. The van der Waals surface area contributed by atoms with Crippen LogP contribution in [-0.4, -0.2) is 46.1 Å². The molecule has 25 heavy (non-hydrogen) atoms. The molecule has 0 spiro atoms. The molecule has 2 N–H and O–H groups in total. The highest BCUT2D eigenvalue weighted by atomic mass is 35.5. The Kier molecular flexibility index (Phi) is 4.56. The molecular formula is C16H20BClN7. The van der Waals surface area contributed by atoms with Crippen LogP contribution in [0.15, 0.2) is 6.20 Å². The maximum atomic E-state index is 6.30. The molecule has 0 aromatic carbocycles. The molecule has 3 rings (SSSR count). The van der Waals surface area contributed by atoms with Crippen LogP contribution < -0.4 is 16.1 Å². The minimum Gasteiger partial charge on any atom is -0.368 e. The summed E-state index contributed by atoms with van der Waals surface area (Å²) in [6.45, 7) is 6.63. The van der Waals surface area contributed by atoms with Gasteiger partial charge >= 0.3 is 0 Å². The van der Waals surface area contributed by atoms with Gasteiger partial charge in [-0.1, -0.05) is 23.9 Å². The number of aromatic nitrogens is 5. The number of fused-ring (bicyclic) bond motifs is 1. The molecule has 0 amide bonds. The highest BCUT2D eigenvalue weighted by Crippen LogP contribution is 2.30. The third kappa shape index (κ3) is 3.02. The lowest BCUT2D eigenvalue weighted by Gasteiger charge is -2.12. The topological polar surface area (TPSA) is 85.8 Å². The largest absolute Gasteiger partial charge is 0.368 e. The molecular weight excluding hydrogens is 336 g/mol. The molecule has 0 saturated heterocycles. The third-order valence-corrected chi connectivity index (χ3v) is 4.51. The summed E-state index contributed by atoms with van der Waals surface area (Å²) in [7, 11) is 5.90. The van der Waals surface area contributed by atoms with E-state index < -0.39 is 0 Å². The van der Waals surface area contributed by atoms with Crippen molar-refractivity contribution < 1.29 is 0 Å². The van der Waals surface area contributed by atoms with Crippen LogP contribution in [0.5, 0.6) is 0 Å². The smallest absolute Gasteiger partial charge is 0.223 e. The summed E-state index contributed by atoms with van der Waals surface area (Å²) >= 11 is 6.30. The van der Waals surface area contributed by atoms with Gasteiger partial charge in [0.25, 0.3) is 0 Å². The number of anilines is 2. The summed E-state index contributed by atoms with van der Waals surface area (Å²) in [6, 6.07) is 0. The summed E-state index contributed by atoms with van der Waals surface area (Å²) in [5, 5.41) is 5.64. The Morgan fingerprint density at radius 3 is 2.64 bits per heavy atom. The normalized spacial score (nSPS) is 11.1. The van der Waals surface area contributed by atoms with Gasteiger partial charge in [-0.05, 0) is 25.0 Å². The number of hydrogen-bond donors (Lipinski definition) is 1. The molecule has 129 valence electrons. The zero-order valence-electron chi connectivity index (χ0n) is 15.0. The van der Waals surface area contributed by atoms with Crippen molar-refractivity contribution in [3.8, 4) is 0 Å². The molecule has 0 saturated carbocycles. The number of pyridine rings is 1. The summed E-state index contributed by atoms with van der Waals surface area (Å²) in [4.78, 5) is 14.9. The SMILES string of the molecule is C[B]c1c(C)cnc(Cn2nc(N(C)C)c3c(Cl)nc(N)nc32)c1C. The maximum Gasteiger partial charge on any atom is 0.223 e. The predicted molar refractivity (Wildman–Crippen MR) is 103 cm³/mol. The minimum atomic E-state index is 0.125. The molecule has 3 aromatic heterocycles. The lowest BCUT2D eigenvalue weighted by Crippen LogP contribution is -2.22. The van der Waals surface area contributed by atoms with Crippen molar-refractivity contribution >= 4 is 47.1 Å². The molecule has 0 bridgehead atoms. The molecule has 9 heteroatoms. The first-order valence-corrected chi connectivity index (χ1v) is 8.32. The number of nitrogens with zero attached hydrogens (tertiary/aromatic N) is 6. The van der Waals surface area contributed by atoms with Crippen LogP contribution in [0.2, 0.25) is 12.0 Å². The molecule has 0 aliphatic heterocycles. The summed E-state index contributed by atoms with van der Waals surface area (Å²) in [6.07, 6.45) is 1.88. The molecule has 0 unspecified atom stereocenters. The van der Waals surface area contributed by atoms with Crippen molar-refractivity contribution in [2.75, 3.05) is 24.7 Å². The Hall–Kier alpha value is -2.35. The molecule has 1 radical (unpaired) electrons. The molecule has 0 aliphatic rings. The van der Waals surface area contributed by atoms with Gasteiger partial charge in [0.1, 0.15) is 17.8 Å². The minimum absolute atomic E-state index is 0.125. The first-order valence-electron chi connectivity index (χ1n) is 7.94. The van der Waals surface area contributed by atoms with Crippen molar-refractivity contribution in [2.24, 2.45) is 0 Å². The van der Waals surface area contributed by atoms with E-state index in [1.54, 1.807) is 4.68 Å². The second-order valence-electron chi connectivity index (χ2n) is 6.16. The van der Waals surface area contributed by atoms with Crippen molar-refractivity contribution in [3.63, 3.8) is 0 Å². The average molecular weight is 357 g/mol. The van der Waals surface area contributed by atoms with E-state index in [4.69, 9.17) is 17.3 Å². The van der Waals surface area contributed by atoms with Crippen LogP contribution in [-0.2, 0) is 6.54 Å². The van der Waals surface area contributed by atoms with E-state index in [0.717, 1.165) is 16.8 Å². The van der Waals surface area contributed by atoms with Crippen molar-refractivity contribution in [1.82, 2.24) is 24.7 Å². The monoisotopic (exact) mass is 356 g/mol. The van der Waals surface area contributed by atoms with Gasteiger partial charge in [0, 0.05) is 20.3 Å². The second-order valence-corrected chi connectivity index (χ2v) is 6.52. The van der Waals surface area contributed by atoms with Crippen LogP contribution in [0.3, 0.4) is 0 Å². The van der Waals surface area contributed by atoms with E-state index in [2.05, 4.69) is 41.2 Å². The van der Waals surface area contributed by atoms with Gasteiger partial charge in [-0.2, -0.15) is 10.1 Å². The third-order valence-electron chi connectivity index (χ3n) is 4.23. The Morgan fingerprint density at radius 1 is 1.28 bits per heavy atom. The van der Waals surface area contributed by atoms with E-state index in [1.165, 1.54) is 5.46 Å². The van der Waals surface area contributed by atoms with Gasteiger partial charge < -0.3 is 10.6 Å². The number of nitrogen functional groups attached to an aromatic ring is 1. The number of halogens is 1. The van der Waals surface area contributed by atoms with E-state index in [1.807, 2.05) is 32.0 Å². The number of nitrogens with two attached hydrogens (primary N) is 1. The van der Waals surface area contributed by atoms with Crippen LogP contribution >= 0.6 is 11.6 Å². The zero-order chi connectivity index (χ0) is 18.3. The lowest BCUT2D eigenvalue weighted by atomic mass is 9.69. The van der Waals surface area contributed by atoms with Crippen molar-refractivity contribution in [2.45, 2.75) is 27.2 Å². The van der Waals surface area contributed by atoms with Crippen molar-refractivity contribution in [1.29, 1.82) is 0 Å². The van der Waals surface area contributed by atoms with E-state index in [0.29, 0.717) is 28.5 Å². The Bertz CT molecular complexity index is 952. The van der Waals surface area contributed by atoms with Crippen LogP contribution in [0.25, 0.3) is 11.0 Å². The van der Waals surface area contributed by atoms with Gasteiger partial charge in [-0.25, -0.2) is 9.67 Å². The van der Waals surface area contributed by atoms with Crippen LogP contribution in [0, 0.1) is 13.8 Å². The zero-order valence-corrected chi connectivity index (χ0v) is 15.8. The quantitative estimate of drug-likeness (QED) is 0.564. The fourth-order valence-corrected chi connectivity index (χ4v) is 3.25. The fraction of sp³-hybridized carbons (Fsp3) is 0.375. The molecule has 0 atom stereocenters. The van der Waals surface area contributed by atoms with Gasteiger partial charge in [0.05, 0.1) is 12.2 Å². The Labute approximate surface area is 152 Å². The molecule has 3 heterocycles. The second kappa shape index (κ2) is 6.52. The van der Waals surface area contributed by atoms with E-state index in [-0.39, 0.29) is 5.95 Å². The number of hydrogen-bond acceptors (Lipinski definition) is 6. The van der Waals surface area contributed by atoms with E-state index >= 15 is 0 Å². The highest BCUT2D eigenvalue weighted by Gasteiger charge is 2.20. The van der Waals surface area contributed by atoms with Crippen LogP contribution in [0.4, 0.5) is 11.8 Å². The summed E-state index contributed by atoms with van der Waals surface area (Å²) in [5.74, 6) is 0.826. The highest BCUT2D eigenvalue weighted by molar-refractivity contribution is 6.53. The Morgan fingerprint density at radius 2 is 2.00 bits per heavy atom. The van der Waals surface area contributed by atoms with Gasteiger partial charge in [0.15, 0.2) is 11.5 Å². The Balaban J connectivity index is 2.17. The fourth-order valence-electron chi connectivity index (χ4n) is 2.99. The standard InChI is InChI=1S/C16H20BClN7/c1-8-6-20-10(9(2)12(8)17-3)7-25-14-11(15(23-25)24(4)5)13(18)21-16(19)22-14/h6H,7H2,1-5H3,(H2,19,21,22). The number of rotatable bonds is 4. The van der Waals surface area contributed by atoms with E-state index in [9.17, 15) is 0 Å². The molecule has 0 aliphatic carbocycles. The predicted octanol–water partition coefficient (Wildman–Crippen LogP) is 1.57. The van der Waals surface area contributed by atoms with Gasteiger partial charge in [-0.3, -0.25) is 4.98 Å². The van der Waals surface area contributed by atoms with Crippen LogP contribution in [0.1, 0.15) is 16.8 Å². The number of aryl methyl sites for hydroxylation is 1. The van der Waals surface area contributed by atoms with Gasteiger partial charge in [-0.15, -0.1) is 0 Å². The molecule has 7 nitrogen and oxygen atoms in total. The first-order chi connectivity index (χ1) is 11.8. The summed E-state index contributed by atoms with van der Waals surface area (Å²) < 4.78 is 1.78. The van der Waals surface area contributed by atoms with Gasteiger partial charge in [0.2, 0.25) is 5.95 Å².